The van der Waals surface area contributed by atoms with Crippen molar-refractivity contribution in [1.82, 2.24) is 14.8 Å². The molecule has 0 aliphatic carbocycles. The summed E-state index contributed by atoms with van der Waals surface area (Å²) in [6.45, 7) is 1.97. The van der Waals surface area contributed by atoms with Gasteiger partial charge in [-0.15, -0.1) is 0 Å². The Labute approximate surface area is 98.5 Å². The third kappa shape index (κ3) is 2.81. The van der Waals surface area contributed by atoms with Gasteiger partial charge in [0.2, 0.25) is 5.91 Å². The summed E-state index contributed by atoms with van der Waals surface area (Å²) in [5.41, 5.74) is 7.53. The zero-order chi connectivity index (χ0) is 12.3. The number of aromatic nitrogens is 3. The average molecular weight is 231 g/mol. The van der Waals surface area contributed by atoms with Gasteiger partial charge in [-0.05, 0) is 19.1 Å². The van der Waals surface area contributed by atoms with E-state index in [9.17, 15) is 4.79 Å². The molecule has 6 nitrogen and oxygen atoms in total. The van der Waals surface area contributed by atoms with Crippen LogP contribution >= 0.6 is 0 Å². The van der Waals surface area contributed by atoms with Crippen LogP contribution < -0.4 is 11.1 Å². The Morgan fingerprint density at radius 1 is 1.59 bits per heavy atom. The van der Waals surface area contributed by atoms with Crippen molar-refractivity contribution in [2.45, 2.75) is 13.5 Å². The second-order valence-electron chi connectivity index (χ2n) is 3.66. The highest BCUT2D eigenvalue weighted by molar-refractivity contribution is 5.90. The number of nitrogens with two attached hydrogens (primary N) is 1. The number of nitrogens with one attached hydrogen (secondary N) is 1. The second kappa shape index (κ2) is 4.65. The van der Waals surface area contributed by atoms with Gasteiger partial charge in [-0.1, -0.05) is 0 Å². The predicted octanol–water partition coefficient (Wildman–Crippen LogP) is 0.807. The Morgan fingerprint density at radius 3 is 3.06 bits per heavy atom. The zero-order valence-electron chi connectivity index (χ0n) is 9.42. The molecule has 0 spiro atoms. The molecule has 0 aliphatic heterocycles. The van der Waals surface area contributed by atoms with E-state index in [1.807, 2.05) is 6.92 Å². The lowest BCUT2D eigenvalue weighted by atomic mass is 10.3. The van der Waals surface area contributed by atoms with Crippen molar-refractivity contribution in [2.75, 3.05) is 11.1 Å². The number of aryl methyl sites for hydroxylation is 1. The number of anilines is 2. The van der Waals surface area contributed by atoms with Crippen LogP contribution in [-0.2, 0) is 11.3 Å². The number of carbonyl (C=O) groups is 1. The summed E-state index contributed by atoms with van der Waals surface area (Å²) in [5.74, 6) is -0.163. The van der Waals surface area contributed by atoms with Crippen LogP contribution in [0.4, 0.5) is 11.4 Å². The van der Waals surface area contributed by atoms with E-state index in [1.54, 1.807) is 24.5 Å². The number of hydrogen-bond acceptors (Lipinski definition) is 4. The first-order valence-electron chi connectivity index (χ1n) is 5.14. The van der Waals surface area contributed by atoms with E-state index < -0.39 is 0 Å². The standard InChI is InChI=1S/C11H13N5O/c1-8-10(3-2-4-13-8)15-11(17)7-16-6-9(12)5-14-16/h2-6H,7,12H2,1H3,(H,15,17). The van der Waals surface area contributed by atoms with Crippen LogP contribution in [0.25, 0.3) is 0 Å². The Bertz CT molecular complexity index is 534. The molecule has 0 radical (unpaired) electrons. The van der Waals surface area contributed by atoms with Gasteiger partial charge in [0.1, 0.15) is 6.54 Å². The van der Waals surface area contributed by atoms with Gasteiger partial charge >= 0.3 is 0 Å². The summed E-state index contributed by atoms with van der Waals surface area (Å²) in [4.78, 5) is 15.8. The second-order valence-corrected chi connectivity index (χ2v) is 3.66. The number of nitrogen functional groups attached to an aromatic ring is 1. The molecule has 3 N–H and O–H groups in total. The van der Waals surface area contributed by atoms with Crippen LogP contribution in [0.3, 0.4) is 0 Å². The number of nitrogens with zero attached hydrogens (tertiary/aromatic N) is 3. The van der Waals surface area contributed by atoms with E-state index in [2.05, 4.69) is 15.4 Å². The quantitative estimate of drug-likeness (QED) is 0.818. The summed E-state index contributed by atoms with van der Waals surface area (Å²) in [6, 6.07) is 3.58. The Morgan fingerprint density at radius 2 is 2.41 bits per heavy atom. The Hall–Kier alpha value is -2.37. The molecular weight excluding hydrogens is 218 g/mol. The molecule has 0 aromatic carbocycles. The summed E-state index contributed by atoms with van der Waals surface area (Å²) in [7, 11) is 0. The van der Waals surface area contributed by atoms with E-state index in [0.29, 0.717) is 11.4 Å². The van der Waals surface area contributed by atoms with Crippen LogP contribution in [0.5, 0.6) is 0 Å². The molecule has 2 aromatic heterocycles. The van der Waals surface area contributed by atoms with E-state index in [-0.39, 0.29) is 12.5 Å². The van der Waals surface area contributed by atoms with Crippen molar-refractivity contribution in [1.29, 1.82) is 0 Å². The predicted molar refractivity (Wildman–Crippen MR) is 64.2 cm³/mol. The first kappa shape index (κ1) is 11.1. The third-order valence-electron chi connectivity index (χ3n) is 2.24. The molecule has 2 aromatic rings. The molecule has 0 saturated carbocycles. The molecule has 0 bridgehead atoms. The first-order valence-corrected chi connectivity index (χ1v) is 5.14. The van der Waals surface area contributed by atoms with Gasteiger partial charge in [-0.2, -0.15) is 5.10 Å². The minimum atomic E-state index is -0.163. The molecule has 88 valence electrons. The van der Waals surface area contributed by atoms with Crippen LogP contribution in [0, 0.1) is 6.92 Å². The highest BCUT2D eigenvalue weighted by Gasteiger charge is 2.06. The van der Waals surface area contributed by atoms with E-state index >= 15 is 0 Å². The number of pyridine rings is 1. The van der Waals surface area contributed by atoms with Gasteiger partial charge in [0.05, 0.1) is 23.3 Å². The molecule has 0 saturated heterocycles. The fourth-order valence-corrected chi connectivity index (χ4v) is 1.42. The smallest absolute Gasteiger partial charge is 0.246 e. The number of rotatable bonds is 3. The zero-order valence-corrected chi connectivity index (χ0v) is 9.42. The van der Waals surface area contributed by atoms with Gasteiger partial charge in [-0.25, -0.2) is 0 Å². The van der Waals surface area contributed by atoms with E-state index in [4.69, 9.17) is 5.73 Å². The van der Waals surface area contributed by atoms with E-state index in [0.717, 1.165) is 5.69 Å². The fraction of sp³-hybridized carbons (Fsp3) is 0.182. The topological polar surface area (TPSA) is 85.8 Å². The van der Waals surface area contributed by atoms with Gasteiger partial charge in [0, 0.05) is 12.4 Å². The van der Waals surface area contributed by atoms with Gasteiger partial charge in [0.25, 0.3) is 0 Å². The van der Waals surface area contributed by atoms with Crippen molar-refractivity contribution in [3.8, 4) is 0 Å². The summed E-state index contributed by atoms with van der Waals surface area (Å²) in [5, 5.41) is 6.70. The normalized spacial score (nSPS) is 10.2. The fourth-order valence-electron chi connectivity index (χ4n) is 1.42. The molecule has 2 heterocycles. The van der Waals surface area contributed by atoms with Gasteiger partial charge < -0.3 is 11.1 Å². The van der Waals surface area contributed by atoms with Gasteiger partial charge in [0.15, 0.2) is 0 Å². The number of carbonyl (C=O) groups excluding carboxylic acids is 1. The molecule has 1 amide bonds. The molecule has 0 unspecified atom stereocenters. The minimum absolute atomic E-state index is 0.130. The summed E-state index contributed by atoms with van der Waals surface area (Å²) in [6.07, 6.45) is 4.79. The van der Waals surface area contributed by atoms with Crippen LogP contribution in [0.1, 0.15) is 5.69 Å². The minimum Gasteiger partial charge on any atom is -0.396 e. The maximum Gasteiger partial charge on any atom is 0.246 e. The average Bonchev–Trinajstić information content (AvgIpc) is 2.67. The monoisotopic (exact) mass is 231 g/mol. The Balaban J connectivity index is 2.01. The van der Waals surface area contributed by atoms with Crippen molar-refractivity contribution in [3.05, 3.63) is 36.4 Å². The molecule has 17 heavy (non-hydrogen) atoms. The van der Waals surface area contributed by atoms with Crippen molar-refractivity contribution in [2.24, 2.45) is 0 Å². The summed E-state index contributed by atoms with van der Waals surface area (Å²) >= 11 is 0. The lowest BCUT2D eigenvalue weighted by Gasteiger charge is -2.07. The SMILES string of the molecule is Cc1ncccc1NC(=O)Cn1cc(N)cn1. The van der Waals surface area contributed by atoms with Crippen LogP contribution in [0.2, 0.25) is 0 Å². The maximum absolute atomic E-state index is 11.7. The highest BCUT2D eigenvalue weighted by Crippen LogP contribution is 2.10. The lowest BCUT2D eigenvalue weighted by Crippen LogP contribution is -2.19. The van der Waals surface area contributed by atoms with Crippen molar-refractivity contribution >= 4 is 17.3 Å². The first-order chi connectivity index (χ1) is 8.15. The molecular formula is C11H13N5O. The Kier molecular flexibility index (Phi) is 3.04. The molecule has 6 heteroatoms. The number of amides is 1. The van der Waals surface area contributed by atoms with Gasteiger partial charge in [-0.3, -0.25) is 14.5 Å². The summed E-state index contributed by atoms with van der Waals surface area (Å²) < 4.78 is 1.48. The highest BCUT2D eigenvalue weighted by atomic mass is 16.2. The van der Waals surface area contributed by atoms with Crippen LogP contribution in [-0.4, -0.2) is 20.7 Å². The van der Waals surface area contributed by atoms with E-state index in [1.165, 1.54) is 10.9 Å². The lowest BCUT2D eigenvalue weighted by molar-refractivity contribution is -0.116. The third-order valence-corrected chi connectivity index (χ3v) is 2.24. The van der Waals surface area contributed by atoms with Crippen molar-refractivity contribution < 1.29 is 4.79 Å². The number of hydrogen-bond donors (Lipinski definition) is 2. The van der Waals surface area contributed by atoms with Crippen molar-refractivity contribution in [3.63, 3.8) is 0 Å². The van der Waals surface area contributed by atoms with Crippen LogP contribution in [0.15, 0.2) is 30.7 Å². The molecule has 0 aliphatic rings. The molecule has 2 rings (SSSR count). The molecule has 0 fully saturated rings. The largest absolute Gasteiger partial charge is 0.396 e. The molecule has 0 atom stereocenters. The maximum atomic E-state index is 11.7.